The molecule has 1 aliphatic rings. The maximum Gasteiger partial charge on any atom is 0.222 e. The highest BCUT2D eigenvalue weighted by atomic mass is 16.2. The van der Waals surface area contributed by atoms with Crippen LogP contribution in [0.15, 0.2) is 0 Å². The van der Waals surface area contributed by atoms with Crippen LogP contribution in [0.4, 0.5) is 0 Å². The Kier molecular flexibility index (Phi) is 4.58. The number of hydrogen-bond acceptors (Lipinski definition) is 2. The Labute approximate surface area is 93.0 Å². The Balaban J connectivity index is 2.33. The van der Waals surface area contributed by atoms with E-state index in [-0.39, 0.29) is 11.3 Å². The number of rotatable bonds is 6. The summed E-state index contributed by atoms with van der Waals surface area (Å²) in [4.78, 5) is 13.7. The number of nitrogens with zero attached hydrogens (tertiary/aromatic N) is 1. The first kappa shape index (κ1) is 12.5. The van der Waals surface area contributed by atoms with Crippen molar-refractivity contribution in [1.82, 2.24) is 4.90 Å². The molecule has 1 rings (SSSR count). The summed E-state index contributed by atoms with van der Waals surface area (Å²) in [6.07, 6.45) is 6.40. The molecule has 2 N–H and O–H groups in total. The molecule has 0 saturated heterocycles. The molecule has 1 amide bonds. The molecule has 0 aromatic carbocycles. The van der Waals surface area contributed by atoms with E-state index in [4.69, 9.17) is 5.73 Å². The number of nitrogens with two attached hydrogens (primary N) is 1. The predicted octanol–water partition coefficient (Wildman–Crippen LogP) is 1.76. The zero-order valence-corrected chi connectivity index (χ0v) is 10.1. The van der Waals surface area contributed by atoms with Crippen molar-refractivity contribution in [3.63, 3.8) is 0 Å². The van der Waals surface area contributed by atoms with Gasteiger partial charge in [-0.3, -0.25) is 4.79 Å². The number of hydrogen-bond donors (Lipinski definition) is 1. The van der Waals surface area contributed by atoms with Gasteiger partial charge in [-0.2, -0.15) is 0 Å². The lowest BCUT2D eigenvalue weighted by atomic mass is 9.66. The smallest absolute Gasteiger partial charge is 0.222 e. The zero-order valence-electron chi connectivity index (χ0n) is 10.1. The van der Waals surface area contributed by atoms with Gasteiger partial charge in [0.25, 0.3) is 0 Å². The van der Waals surface area contributed by atoms with E-state index < -0.39 is 0 Å². The molecule has 1 fully saturated rings. The van der Waals surface area contributed by atoms with E-state index in [0.717, 1.165) is 32.2 Å². The maximum atomic E-state index is 11.9. The van der Waals surface area contributed by atoms with Gasteiger partial charge in [0.05, 0.1) is 0 Å². The molecule has 3 heteroatoms. The Hall–Kier alpha value is -0.570. The summed E-state index contributed by atoms with van der Waals surface area (Å²) in [7, 11) is 1.90. The maximum absolute atomic E-state index is 11.9. The average Bonchev–Trinajstić information content (AvgIpc) is 2.19. The minimum absolute atomic E-state index is 0.150. The minimum Gasteiger partial charge on any atom is -0.346 e. The fourth-order valence-electron chi connectivity index (χ4n) is 2.11. The molecule has 0 spiro atoms. The van der Waals surface area contributed by atoms with E-state index in [2.05, 4.69) is 6.92 Å². The molecule has 0 bridgehead atoms. The highest BCUT2D eigenvalue weighted by Gasteiger charge is 2.38. The predicted molar refractivity (Wildman–Crippen MR) is 62.5 cm³/mol. The van der Waals surface area contributed by atoms with Crippen molar-refractivity contribution in [2.24, 2.45) is 11.1 Å². The van der Waals surface area contributed by atoms with Crippen LogP contribution in [0.5, 0.6) is 0 Å². The normalized spacial score (nSPS) is 18.3. The van der Waals surface area contributed by atoms with Crippen LogP contribution in [0.2, 0.25) is 0 Å². The summed E-state index contributed by atoms with van der Waals surface area (Å²) in [5.74, 6) is 0.272. The van der Waals surface area contributed by atoms with Gasteiger partial charge >= 0.3 is 0 Å². The monoisotopic (exact) mass is 212 g/mol. The quantitative estimate of drug-likeness (QED) is 0.729. The van der Waals surface area contributed by atoms with Crippen LogP contribution >= 0.6 is 0 Å². The SMILES string of the molecule is CCCCN(C)C(=O)CC1(CN)CCC1. The van der Waals surface area contributed by atoms with Crippen molar-refractivity contribution in [3.05, 3.63) is 0 Å². The van der Waals surface area contributed by atoms with Crippen molar-refractivity contribution in [2.75, 3.05) is 20.1 Å². The summed E-state index contributed by atoms with van der Waals surface area (Å²) in [5.41, 5.74) is 5.90. The second-order valence-electron chi connectivity index (χ2n) is 4.90. The van der Waals surface area contributed by atoms with Crippen molar-refractivity contribution in [3.8, 4) is 0 Å². The first-order valence-electron chi connectivity index (χ1n) is 6.07. The van der Waals surface area contributed by atoms with Crippen LogP contribution in [-0.2, 0) is 4.79 Å². The lowest BCUT2D eigenvalue weighted by Crippen LogP contribution is -2.42. The van der Waals surface area contributed by atoms with Crippen LogP contribution in [-0.4, -0.2) is 30.9 Å². The second kappa shape index (κ2) is 5.50. The summed E-state index contributed by atoms with van der Waals surface area (Å²) in [6, 6.07) is 0. The molecular formula is C12H24N2O. The highest BCUT2D eigenvalue weighted by Crippen LogP contribution is 2.43. The van der Waals surface area contributed by atoms with Gasteiger partial charge in [0, 0.05) is 20.0 Å². The van der Waals surface area contributed by atoms with Gasteiger partial charge in [-0.1, -0.05) is 19.8 Å². The molecule has 88 valence electrons. The molecule has 0 radical (unpaired) electrons. The fourth-order valence-corrected chi connectivity index (χ4v) is 2.11. The summed E-state index contributed by atoms with van der Waals surface area (Å²) < 4.78 is 0. The van der Waals surface area contributed by atoms with Gasteiger partial charge in [-0.05, 0) is 31.2 Å². The van der Waals surface area contributed by atoms with E-state index >= 15 is 0 Å². The first-order valence-corrected chi connectivity index (χ1v) is 6.07. The second-order valence-corrected chi connectivity index (χ2v) is 4.90. The standard InChI is InChI=1S/C12H24N2O/c1-3-4-8-14(2)11(15)9-12(10-13)6-5-7-12/h3-10,13H2,1-2H3. The van der Waals surface area contributed by atoms with Crippen LogP contribution in [0, 0.1) is 5.41 Å². The lowest BCUT2D eigenvalue weighted by Gasteiger charge is -2.41. The van der Waals surface area contributed by atoms with Gasteiger partial charge < -0.3 is 10.6 Å². The Morgan fingerprint density at radius 2 is 2.13 bits per heavy atom. The van der Waals surface area contributed by atoms with E-state index in [9.17, 15) is 4.79 Å². The first-order chi connectivity index (χ1) is 7.13. The summed E-state index contributed by atoms with van der Waals surface area (Å²) >= 11 is 0. The molecule has 1 saturated carbocycles. The highest BCUT2D eigenvalue weighted by molar-refractivity contribution is 5.76. The van der Waals surface area contributed by atoms with Crippen molar-refractivity contribution in [1.29, 1.82) is 0 Å². The summed E-state index contributed by atoms with van der Waals surface area (Å²) in [5, 5.41) is 0. The van der Waals surface area contributed by atoms with Gasteiger partial charge in [-0.15, -0.1) is 0 Å². The Morgan fingerprint density at radius 1 is 1.47 bits per heavy atom. The molecule has 15 heavy (non-hydrogen) atoms. The van der Waals surface area contributed by atoms with E-state index in [1.807, 2.05) is 11.9 Å². The minimum atomic E-state index is 0.150. The van der Waals surface area contributed by atoms with Gasteiger partial charge in [0.2, 0.25) is 5.91 Å². The number of carbonyl (C=O) groups excluding carboxylic acids is 1. The lowest BCUT2D eigenvalue weighted by molar-refractivity contribution is -0.133. The third kappa shape index (κ3) is 3.20. The van der Waals surface area contributed by atoms with Crippen LogP contribution in [0.1, 0.15) is 45.4 Å². The average molecular weight is 212 g/mol. The fraction of sp³-hybridized carbons (Fsp3) is 0.917. The molecule has 0 aliphatic heterocycles. The van der Waals surface area contributed by atoms with E-state index in [1.165, 1.54) is 6.42 Å². The van der Waals surface area contributed by atoms with Crippen LogP contribution in [0.3, 0.4) is 0 Å². The summed E-state index contributed by atoms with van der Waals surface area (Å²) in [6.45, 7) is 3.70. The molecule has 0 heterocycles. The molecular weight excluding hydrogens is 188 g/mol. The largest absolute Gasteiger partial charge is 0.346 e. The molecule has 1 aliphatic carbocycles. The molecule has 0 aromatic rings. The topological polar surface area (TPSA) is 46.3 Å². The van der Waals surface area contributed by atoms with Crippen LogP contribution in [0.25, 0.3) is 0 Å². The van der Waals surface area contributed by atoms with E-state index in [0.29, 0.717) is 13.0 Å². The number of carbonyl (C=O) groups is 1. The van der Waals surface area contributed by atoms with E-state index in [1.54, 1.807) is 0 Å². The Morgan fingerprint density at radius 3 is 2.53 bits per heavy atom. The van der Waals surface area contributed by atoms with Crippen molar-refractivity contribution in [2.45, 2.75) is 45.4 Å². The molecule has 0 atom stereocenters. The number of amides is 1. The van der Waals surface area contributed by atoms with Crippen molar-refractivity contribution < 1.29 is 4.79 Å². The third-order valence-electron chi connectivity index (χ3n) is 3.65. The van der Waals surface area contributed by atoms with Gasteiger partial charge in [0.1, 0.15) is 0 Å². The van der Waals surface area contributed by atoms with Crippen molar-refractivity contribution >= 4 is 5.91 Å². The van der Waals surface area contributed by atoms with Gasteiger partial charge in [0.15, 0.2) is 0 Å². The Bertz CT molecular complexity index is 206. The zero-order chi connectivity index (χ0) is 11.3. The molecule has 0 unspecified atom stereocenters. The molecule has 0 aromatic heterocycles. The van der Waals surface area contributed by atoms with Crippen LogP contribution < -0.4 is 5.73 Å². The number of unbranched alkanes of at least 4 members (excludes halogenated alkanes) is 1. The third-order valence-corrected chi connectivity index (χ3v) is 3.65. The van der Waals surface area contributed by atoms with Gasteiger partial charge in [-0.25, -0.2) is 0 Å². The molecule has 3 nitrogen and oxygen atoms in total.